The highest BCUT2D eigenvalue weighted by atomic mass is 16.5. The summed E-state index contributed by atoms with van der Waals surface area (Å²) < 4.78 is 4.62. The lowest BCUT2D eigenvalue weighted by atomic mass is 10.3. The summed E-state index contributed by atoms with van der Waals surface area (Å²) in [5, 5.41) is 0. The van der Waals surface area contributed by atoms with Crippen LogP contribution >= 0.6 is 0 Å². The summed E-state index contributed by atoms with van der Waals surface area (Å²) in [5.74, 6) is -1.32. The van der Waals surface area contributed by atoms with Crippen LogP contribution in [0.25, 0.3) is 0 Å². The molecule has 0 amide bonds. The maximum atomic E-state index is 10.6. The molecule has 0 unspecified atom stereocenters. The van der Waals surface area contributed by atoms with Crippen molar-refractivity contribution in [3.8, 4) is 0 Å². The first-order valence-electron chi connectivity index (χ1n) is 4.14. The monoisotopic (exact) mass is 182 g/mol. The Hall–Kier alpha value is -1.38. The van der Waals surface area contributed by atoms with Gasteiger partial charge in [0.1, 0.15) is 0 Å². The van der Waals surface area contributed by atoms with Gasteiger partial charge in [0.2, 0.25) is 5.78 Å². The highest BCUT2D eigenvalue weighted by Gasteiger charge is 2.06. The summed E-state index contributed by atoms with van der Waals surface area (Å²) in [6.45, 7) is 3.37. The molecular formula is C10H14O3. The summed E-state index contributed by atoms with van der Waals surface area (Å²) in [6.07, 6.45) is 8.14. The third-order valence-electron chi connectivity index (χ3n) is 1.24. The number of hydrogen-bond acceptors (Lipinski definition) is 3. The zero-order valence-electron chi connectivity index (χ0n) is 7.95. The van der Waals surface area contributed by atoms with Crippen molar-refractivity contribution in [2.24, 2.45) is 0 Å². The van der Waals surface area contributed by atoms with E-state index in [1.54, 1.807) is 0 Å². The van der Waals surface area contributed by atoms with Crippen LogP contribution in [0.3, 0.4) is 0 Å². The van der Waals surface area contributed by atoms with Crippen LogP contribution in [-0.2, 0) is 14.3 Å². The lowest BCUT2D eigenvalue weighted by Gasteiger charge is -1.97. The molecular weight excluding hydrogens is 168 g/mol. The van der Waals surface area contributed by atoms with Gasteiger partial charge in [-0.05, 0) is 13.3 Å². The summed E-state index contributed by atoms with van der Waals surface area (Å²) in [4.78, 5) is 21.0. The molecule has 0 aromatic heterocycles. The quantitative estimate of drug-likeness (QED) is 0.281. The van der Waals surface area contributed by atoms with Crippen molar-refractivity contribution < 1.29 is 14.3 Å². The molecule has 0 saturated carbocycles. The summed E-state index contributed by atoms with van der Waals surface area (Å²) in [5.41, 5.74) is 0. The Morgan fingerprint density at radius 2 is 2.00 bits per heavy atom. The molecule has 0 fully saturated rings. The third kappa shape index (κ3) is 7.00. The standard InChI is InChI=1S/C10H14O3/c1-3-4-5-6-7-8-13-10(12)9(2)11/h3-6H,7-8H2,1-2H3/b4-3+,6-5+. The third-order valence-corrected chi connectivity index (χ3v) is 1.24. The number of Topliss-reactive ketones (excluding diaryl/α,β-unsaturated/α-hetero) is 1. The molecule has 0 rings (SSSR count). The van der Waals surface area contributed by atoms with Gasteiger partial charge < -0.3 is 4.74 Å². The van der Waals surface area contributed by atoms with Gasteiger partial charge in [-0.25, -0.2) is 4.79 Å². The van der Waals surface area contributed by atoms with Crippen LogP contribution in [0.5, 0.6) is 0 Å². The smallest absolute Gasteiger partial charge is 0.374 e. The Labute approximate surface area is 78.1 Å². The molecule has 0 aliphatic rings. The molecule has 13 heavy (non-hydrogen) atoms. The van der Waals surface area contributed by atoms with E-state index in [0.29, 0.717) is 6.42 Å². The molecule has 0 radical (unpaired) electrons. The lowest BCUT2D eigenvalue weighted by molar-refractivity contribution is -0.152. The number of carbonyl (C=O) groups excluding carboxylic acids is 2. The maximum Gasteiger partial charge on any atom is 0.374 e. The predicted octanol–water partition coefficient (Wildman–Crippen LogP) is 1.64. The fourth-order valence-electron chi connectivity index (χ4n) is 0.607. The van der Waals surface area contributed by atoms with Crippen molar-refractivity contribution in [2.45, 2.75) is 20.3 Å². The zero-order chi connectivity index (χ0) is 10.1. The molecule has 0 atom stereocenters. The summed E-state index contributed by atoms with van der Waals surface area (Å²) >= 11 is 0. The van der Waals surface area contributed by atoms with Crippen molar-refractivity contribution in [3.63, 3.8) is 0 Å². The average molecular weight is 182 g/mol. The number of carbonyl (C=O) groups is 2. The highest BCUT2D eigenvalue weighted by molar-refractivity contribution is 6.32. The van der Waals surface area contributed by atoms with Crippen LogP contribution in [0.15, 0.2) is 24.3 Å². The molecule has 72 valence electrons. The van der Waals surface area contributed by atoms with Gasteiger partial charge in [0.25, 0.3) is 0 Å². The van der Waals surface area contributed by atoms with Crippen molar-refractivity contribution in [3.05, 3.63) is 24.3 Å². The minimum absolute atomic E-state index is 0.256. The first-order valence-corrected chi connectivity index (χ1v) is 4.14. The molecule has 0 N–H and O–H groups in total. The van der Waals surface area contributed by atoms with Crippen molar-refractivity contribution in [1.29, 1.82) is 0 Å². The van der Waals surface area contributed by atoms with E-state index in [9.17, 15) is 9.59 Å². The second-order valence-corrected chi connectivity index (χ2v) is 2.43. The van der Waals surface area contributed by atoms with Crippen LogP contribution < -0.4 is 0 Å². The highest BCUT2D eigenvalue weighted by Crippen LogP contribution is 1.88. The first kappa shape index (κ1) is 11.6. The molecule has 3 heteroatoms. The van der Waals surface area contributed by atoms with E-state index in [-0.39, 0.29) is 6.61 Å². The van der Waals surface area contributed by atoms with E-state index in [4.69, 9.17) is 0 Å². The van der Waals surface area contributed by atoms with Gasteiger partial charge in [-0.2, -0.15) is 0 Å². The molecule has 0 aromatic carbocycles. The van der Waals surface area contributed by atoms with E-state index in [1.807, 2.05) is 31.2 Å². The summed E-state index contributed by atoms with van der Waals surface area (Å²) in [7, 11) is 0. The van der Waals surface area contributed by atoms with Crippen LogP contribution in [0.2, 0.25) is 0 Å². The van der Waals surface area contributed by atoms with Gasteiger partial charge in [0.05, 0.1) is 6.61 Å². The van der Waals surface area contributed by atoms with Gasteiger partial charge in [-0.15, -0.1) is 0 Å². The Kier molecular flexibility index (Phi) is 6.51. The van der Waals surface area contributed by atoms with E-state index in [2.05, 4.69) is 4.74 Å². The Bertz CT molecular complexity index is 226. The minimum Gasteiger partial charge on any atom is -0.460 e. The van der Waals surface area contributed by atoms with Gasteiger partial charge in [-0.1, -0.05) is 24.3 Å². The Morgan fingerprint density at radius 3 is 2.54 bits per heavy atom. The van der Waals surface area contributed by atoms with E-state index >= 15 is 0 Å². The van der Waals surface area contributed by atoms with Gasteiger partial charge in [0.15, 0.2) is 0 Å². The Morgan fingerprint density at radius 1 is 1.31 bits per heavy atom. The van der Waals surface area contributed by atoms with Crippen LogP contribution in [0.1, 0.15) is 20.3 Å². The van der Waals surface area contributed by atoms with Gasteiger partial charge in [0, 0.05) is 6.92 Å². The number of ether oxygens (including phenoxy) is 1. The number of ketones is 1. The fraction of sp³-hybridized carbons (Fsp3) is 0.400. The van der Waals surface area contributed by atoms with Crippen LogP contribution in [-0.4, -0.2) is 18.4 Å². The van der Waals surface area contributed by atoms with Gasteiger partial charge >= 0.3 is 5.97 Å². The van der Waals surface area contributed by atoms with Gasteiger partial charge in [-0.3, -0.25) is 4.79 Å². The molecule has 0 bridgehead atoms. The minimum atomic E-state index is -0.764. The van der Waals surface area contributed by atoms with E-state index < -0.39 is 11.8 Å². The Balaban J connectivity index is 3.46. The average Bonchev–Trinajstić information content (AvgIpc) is 2.10. The van der Waals surface area contributed by atoms with E-state index in [0.717, 1.165) is 0 Å². The van der Waals surface area contributed by atoms with Crippen molar-refractivity contribution >= 4 is 11.8 Å². The van der Waals surface area contributed by atoms with Crippen molar-refractivity contribution in [1.82, 2.24) is 0 Å². The molecule has 0 heterocycles. The van der Waals surface area contributed by atoms with Crippen LogP contribution in [0, 0.1) is 0 Å². The van der Waals surface area contributed by atoms with Crippen molar-refractivity contribution in [2.75, 3.05) is 6.61 Å². The SMILES string of the molecule is C/C=C/C=C/CCOC(=O)C(C)=O. The fourth-order valence-corrected chi connectivity index (χ4v) is 0.607. The second-order valence-electron chi connectivity index (χ2n) is 2.43. The molecule has 0 aromatic rings. The second kappa shape index (κ2) is 7.28. The number of esters is 1. The molecule has 0 aliphatic carbocycles. The molecule has 3 nitrogen and oxygen atoms in total. The molecule has 0 aliphatic heterocycles. The normalized spacial score (nSPS) is 10.9. The zero-order valence-corrected chi connectivity index (χ0v) is 7.95. The maximum absolute atomic E-state index is 10.6. The molecule has 0 spiro atoms. The first-order chi connectivity index (χ1) is 6.18. The largest absolute Gasteiger partial charge is 0.460 e. The predicted molar refractivity (Wildman–Crippen MR) is 50.2 cm³/mol. The number of hydrogen-bond donors (Lipinski definition) is 0. The molecule has 0 saturated heterocycles. The topological polar surface area (TPSA) is 43.4 Å². The summed E-state index contributed by atoms with van der Waals surface area (Å²) in [6, 6.07) is 0. The van der Waals surface area contributed by atoms with Crippen LogP contribution in [0.4, 0.5) is 0 Å². The number of allylic oxidation sites excluding steroid dienone is 3. The lowest BCUT2D eigenvalue weighted by Crippen LogP contribution is -2.13. The van der Waals surface area contributed by atoms with E-state index in [1.165, 1.54) is 6.92 Å². The number of rotatable bonds is 5.